The van der Waals surface area contributed by atoms with E-state index in [1.165, 1.54) is 0 Å². The highest BCUT2D eigenvalue weighted by Gasteiger charge is 2.53. The summed E-state index contributed by atoms with van der Waals surface area (Å²) < 4.78 is 27.7. The summed E-state index contributed by atoms with van der Waals surface area (Å²) in [6.07, 6.45) is 2.75. The van der Waals surface area contributed by atoms with Crippen molar-refractivity contribution in [1.29, 1.82) is 0 Å². The third kappa shape index (κ3) is 8.06. The molecule has 1 saturated heterocycles. The van der Waals surface area contributed by atoms with Crippen molar-refractivity contribution >= 4 is 21.1 Å². The Morgan fingerprint density at radius 1 is 1.26 bits per heavy atom. The summed E-state index contributed by atoms with van der Waals surface area (Å²) >= 11 is 0. The molecule has 1 heterocycles. The van der Waals surface area contributed by atoms with Gasteiger partial charge in [-0.2, -0.15) is 0 Å². The molecule has 1 fully saturated rings. The highest BCUT2D eigenvalue weighted by molar-refractivity contribution is 7.76. The zero-order chi connectivity index (χ0) is 20.7. The lowest BCUT2D eigenvalue weighted by molar-refractivity contribution is -0.136. The molecule has 27 heavy (non-hydrogen) atoms. The van der Waals surface area contributed by atoms with Crippen LogP contribution in [0, 0.1) is 0 Å². The van der Waals surface area contributed by atoms with Gasteiger partial charge in [0.1, 0.15) is 11.8 Å². The fourth-order valence-corrected chi connectivity index (χ4v) is 10.4. The maximum atomic E-state index is 12.0. The Labute approximate surface area is 162 Å². The number of phosphoric ester groups is 1. The van der Waals surface area contributed by atoms with Gasteiger partial charge in [0.25, 0.3) is 0 Å². The van der Waals surface area contributed by atoms with Gasteiger partial charge in [0, 0.05) is 13.7 Å². The number of hydrogen-bond acceptors (Lipinski definition) is 6. The van der Waals surface area contributed by atoms with Crippen LogP contribution in [0.2, 0.25) is 0 Å². The van der Waals surface area contributed by atoms with Gasteiger partial charge in [0.05, 0.1) is 37.6 Å². The number of carboxylic acids is 1. The first kappa shape index (κ1) is 25.0. The van der Waals surface area contributed by atoms with Crippen molar-refractivity contribution < 1.29 is 38.3 Å². The van der Waals surface area contributed by atoms with E-state index >= 15 is 0 Å². The lowest BCUT2D eigenvalue weighted by Crippen LogP contribution is -2.33. The van der Waals surface area contributed by atoms with Crippen molar-refractivity contribution in [2.75, 3.05) is 25.1 Å². The standard InChI is InChI=1S/C17H34O8P2/c1-5-8-26(9-6-2,10-7-16(18)19)15-11-17(20)24-14(15)12-23-27(21,22)25-13(3)4/h13-15,17,20H,5-12H2,1-4H3,(H-,18,19,21,22)/p+1. The molecule has 0 aromatic heterocycles. The second kappa shape index (κ2) is 11.2. The molecule has 4 unspecified atom stereocenters. The molecule has 160 valence electrons. The number of carboxylic acid groups (broad SMARTS) is 1. The maximum absolute atomic E-state index is 12.0. The molecule has 4 atom stereocenters. The molecule has 1 aliphatic rings. The highest BCUT2D eigenvalue weighted by atomic mass is 31.2. The largest absolute Gasteiger partial charge is 0.481 e. The molecule has 0 aliphatic carbocycles. The molecule has 0 radical (unpaired) electrons. The summed E-state index contributed by atoms with van der Waals surface area (Å²) in [6.45, 7) is 7.25. The predicted molar refractivity (Wildman–Crippen MR) is 106 cm³/mol. The molecule has 8 nitrogen and oxygen atoms in total. The van der Waals surface area contributed by atoms with Crippen LogP contribution >= 0.6 is 15.1 Å². The Hall–Kier alpha value is -0.0700. The average Bonchev–Trinajstić information content (AvgIpc) is 2.91. The van der Waals surface area contributed by atoms with Crippen molar-refractivity contribution in [3.8, 4) is 0 Å². The van der Waals surface area contributed by atoms with Crippen LogP contribution in [-0.2, 0) is 23.1 Å². The van der Waals surface area contributed by atoms with Gasteiger partial charge in [-0.15, -0.1) is 0 Å². The Morgan fingerprint density at radius 2 is 1.85 bits per heavy atom. The van der Waals surface area contributed by atoms with Gasteiger partial charge in [-0.25, -0.2) is 4.57 Å². The number of aliphatic hydroxyl groups is 1. The van der Waals surface area contributed by atoms with E-state index < -0.39 is 39.6 Å². The minimum atomic E-state index is -4.20. The molecular formula is C17H35O8P2+. The van der Waals surface area contributed by atoms with Crippen LogP contribution in [0.15, 0.2) is 0 Å². The van der Waals surface area contributed by atoms with Gasteiger partial charge < -0.3 is 19.8 Å². The minimum absolute atomic E-state index is 0.0502. The van der Waals surface area contributed by atoms with Crippen LogP contribution < -0.4 is 0 Å². The van der Waals surface area contributed by atoms with Gasteiger partial charge in [-0.05, 0) is 26.7 Å². The number of phosphoric acid groups is 1. The number of carbonyl (C=O) groups is 1. The second-order valence-electron chi connectivity index (χ2n) is 7.38. The first-order valence-electron chi connectivity index (χ1n) is 9.62. The molecule has 1 rings (SSSR count). The molecule has 0 spiro atoms. The third-order valence-electron chi connectivity index (χ3n) is 4.76. The van der Waals surface area contributed by atoms with Crippen LogP contribution in [0.4, 0.5) is 0 Å². The van der Waals surface area contributed by atoms with E-state index in [9.17, 15) is 24.5 Å². The monoisotopic (exact) mass is 429 g/mol. The van der Waals surface area contributed by atoms with Crippen LogP contribution in [0.3, 0.4) is 0 Å². The Morgan fingerprint density at radius 3 is 2.33 bits per heavy atom. The zero-order valence-corrected chi connectivity index (χ0v) is 18.5. The van der Waals surface area contributed by atoms with Gasteiger partial charge in [-0.3, -0.25) is 13.8 Å². The van der Waals surface area contributed by atoms with E-state index in [2.05, 4.69) is 13.8 Å². The normalized spacial score (nSPS) is 25.7. The predicted octanol–water partition coefficient (Wildman–Crippen LogP) is 3.32. The molecule has 0 saturated carbocycles. The van der Waals surface area contributed by atoms with Gasteiger partial charge >= 0.3 is 13.8 Å². The van der Waals surface area contributed by atoms with E-state index in [4.69, 9.17) is 13.8 Å². The molecule has 3 N–H and O–H groups in total. The van der Waals surface area contributed by atoms with Gasteiger partial charge in [0.2, 0.25) is 0 Å². The van der Waals surface area contributed by atoms with Crippen molar-refractivity contribution in [2.24, 2.45) is 0 Å². The van der Waals surface area contributed by atoms with Crippen LogP contribution in [0.5, 0.6) is 0 Å². The topological polar surface area (TPSA) is 123 Å². The number of aliphatic hydroxyl groups excluding tert-OH is 1. The van der Waals surface area contributed by atoms with Crippen LogP contribution in [0.1, 0.15) is 53.4 Å². The van der Waals surface area contributed by atoms with Crippen LogP contribution in [-0.4, -0.2) is 70.3 Å². The van der Waals surface area contributed by atoms with Gasteiger partial charge in [0.15, 0.2) is 6.29 Å². The summed E-state index contributed by atoms with van der Waals surface area (Å²) in [5.74, 6) is -0.830. The van der Waals surface area contributed by atoms with E-state index in [-0.39, 0.29) is 18.7 Å². The van der Waals surface area contributed by atoms with Crippen LogP contribution in [0.25, 0.3) is 0 Å². The van der Waals surface area contributed by atoms with E-state index in [0.717, 1.165) is 25.2 Å². The number of ether oxygens (including phenoxy) is 1. The average molecular weight is 429 g/mol. The summed E-state index contributed by atoms with van der Waals surface area (Å²) in [4.78, 5) is 21.0. The summed E-state index contributed by atoms with van der Waals surface area (Å²) in [5.41, 5.74) is -0.0502. The Kier molecular flexibility index (Phi) is 10.4. The highest BCUT2D eigenvalue weighted by Crippen LogP contribution is 2.68. The molecule has 0 amide bonds. The van der Waals surface area contributed by atoms with E-state index in [0.29, 0.717) is 12.6 Å². The fourth-order valence-electron chi connectivity index (χ4n) is 3.94. The SMILES string of the molecule is CCC[P+](CCC)(CCC(=O)O)C1CC(O)OC1COP(=O)(O)OC(C)C. The Balaban J connectivity index is 2.99. The maximum Gasteiger partial charge on any atom is 0.472 e. The third-order valence-corrected chi connectivity index (χ3v) is 11.7. The minimum Gasteiger partial charge on any atom is -0.481 e. The lowest BCUT2D eigenvalue weighted by Gasteiger charge is -2.34. The number of rotatable bonds is 13. The lowest BCUT2D eigenvalue weighted by atomic mass is 10.2. The summed E-state index contributed by atoms with van der Waals surface area (Å²) in [6, 6.07) is 0. The van der Waals surface area contributed by atoms with Crippen molar-refractivity contribution in [3.05, 3.63) is 0 Å². The summed E-state index contributed by atoms with van der Waals surface area (Å²) in [5, 5.41) is 19.3. The second-order valence-corrected chi connectivity index (χ2v) is 13.2. The molecule has 1 aliphatic heterocycles. The first-order valence-corrected chi connectivity index (χ1v) is 13.5. The molecule has 0 aromatic rings. The fraction of sp³-hybridized carbons (Fsp3) is 0.941. The smallest absolute Gasteiger partial charge is 0.472 e. The van der Waals surface area contributed by atoms with Gasteiger partial charge in [-0.1, -0.05) is 13.8 Å². The van der Waals surface area contributed by atoms with Crippen molar-refractivity contribution in [3.63, 3.8) is 0 Å². The molecule has 0 aromatic carbocycles. The molecular weight excluding hydrogens is 394 g/mol. The Bertz CT molecular complexity index is 507. The summed E-state index contributed by atoms with van der Waals surface area (Å²) in [7, 11) is -5.96. The number of hydrogen-bond donors (Lipinski definition) is 3. The van der Waals surface area contributed by atoms with Crippen molar-refractivity contribution in [2.45, 2.75) is 77.5 Å². The van der Waals surface area contributed by atoms with E-state index in [1.54, 1.807) is 13.8 Å². The zero-order valence-electron chi connectivity index (χ0n) is 16.7. The number of aliphatic carboxylic acids is 1. The van der Waals surface area contributed by atoms with Crippen molar-refractivity contribution in [1.82, 2.24) is 0 Å². The first-order chi connectivity index (χ1) is 12.5. The molecule has 10 heteroatoms. The molecule has 0 bridgehead atoms. The quantitative estimate of drug-likeness (QED) is 0.381. The van der Waals surface area contributed by atoms with E-state index in [1.807, 2.05) is 0 Å².